The van der Waals surface area contributed by atoms with Crippen LogP contribution in [0.5, 0.6) is 0 Å². The SMILES string of the molecule is CC(C)C[C@H](NC(=O)C[C@H](O)[C@H](CC(C)C)NC(=O)[C@H](Cc1c[nH]cn1)NC(=O)[C@@H](N)Cc1ccccc1)C(=O)[N+](CCO)(CCO)CCCN. The average molecular weight is 718 g/mol. The second kappa shape index (κ2) is 22.3. The van der Waals surface area contributed by atoms with E-state index in [-0.39, 0.29) is 61.4 Å². The van der Waals surface area contributed by atoms with Crippen molar-refractivity contribution in [1.29, 1.82) is 0 Å². The summed E-state index contributed by atoms with van der Waals surface area (Å²) in [6, 6.07) is 5.45. The fraction of sp³-hybridized carbons (Fsp3) is 0.639. The first-order chi connectivity index (χ1) is 24.2. The number of hydrogen-bond acceptors (Lipinski definition) is 10. The Morgan fingerprint density at radius 1 is 0.863 bits per heavy atom. The van der Waals surface area contributed by atoms with Gasteiger partial charge in [0.25, 0.3) is 0 Å². The van der Waals surface area contributed by atoms with Gasteiger partial charge in [-0.3, -0.25) is 18.9 Å². The van der Waals surface area contributed by atoms with E-state index in [1.54, 1.807) is 6.20 Å². The number of quaternary nitrogens is 1. The third-order valence-electron chi connectivity index (χ3n) is 8.80. The molecule has 2 aromatic rings. The van der Waals surface area contributed by atoms with E-state index in [4.69, 9.17) is 11.5 Å². The summed E-state index contributed by atoms with van der Waals surface area (Å²) in [5.74, 6) is -2.02. The number of nitrogens with zero attached hydrogens (tertiary/aromatic N) is 2. The van der Waals surface area contributed by atoms with Crippen LogP contribution in [-0.4, -0.2) is 123 Å². The Bertz CT molecular complexity index is 1320. The molecular weight excluding hydrogens is 656 g/mol. The molecule has 0 unspecified atom stereocenters. The molecule has 1 aromatic carbocycles. The summed E-state index contributed by atoms with van der Waals surface area (Å²) in [7, 11) is 0. The number of aromatic amines is 1. The molecule has 4 amide bonds. The van der Waals surface area contributed by atoms with Crippen LogP contribution >= 0.6 is 0 Å². The first kappa shape index (κ1) is 43.4. The van der Waals surface area contributed by atoms with Crippen LogP contribution in [0, 0.1) is 11.8 Å². The largest absolute Gasteiger partial charge is 0.390 e. The Kier molecular flexibility index (Phi) is 19.0. The smallest absolute Gasteiger partial charge is 0.336 e. The van der Waals surface area contributed by atoms with Crippen molar-refractivity contribution >= 4 is 23.6 Å². The Hall–Kier alpha value is -3.73. The van der Waals surface area contributed by atoms with Crippen molar-refractivity contribution in [2.45, 2.75) is 96.5 Å². The van der Waals surface area contributed by atoms with Crippen molar-refractivity contribution < 1.29 is 39.0 Å². The van der Waals surface area contributed by atoms with E-state index in [1.165, 1.54) is 6.33 Å². The van der Waals surface area contributed by atoms with Gasteiger partial charge in [0.1, 0.15) is 25.2 Å². The normalized spacial score (nSPS) is 14.8. The quantitative estimate of drug-likeness (QED) is 0.0630. The maximum atomic E-state index is 14.0. The Labute approximate surface area is 301 Å². The van der Waals surface area contributed by atoms with Gasteiger partial charge in [0.2, 0.25) is 17.7 Å². The highest BCUT2D eigenvalue weighted by atomic mass is 16.3. The zero-order valence-electron chi connectivity index (χ0n) is 30.6. The first-order valence-corrected chi connectivity index (χ1v) is 17.9. The third-order valence-corrected chi connectivity index (χ3v) is 8.80. The number of aliphatic hydroxyl groups excluding tert-OH is 3. The lowest BCUT2D eigenvalue weighted by Gasteiger charge is -2.38. The Morgan fingerprint density at radius 3 is 2.06 bits per heavy atom. The van der Waals surface area contributed by atoms with Crippen molar-refractivity contribution in [2.24, 2.45) is 23.3 Å². The van der Waals surface area contributed by atoms with Crippen LogP contribution in [0.2, 0.25) is 0 Å². The summed E-state index contributed by atoms with van der Waals surface area (Å²) in [5.41, 5.74) is 13.3. The summed E-state index contributed by atoms with van der Waals surface area (Å²) in [6.45, 7) is 7.77. The van der Waals surface area contributed by atoms with Crippen LogP contribution in [-0.2, 0) is 32.0 Å². The van der Waals surface area contributed by atoms with Crippen molar-refractivity contribution in [3.8, 4) is 0 Å². The van der Waals surface area contributed by atoms with Gasteiger partial charge in [0.05, 0.1) is 56.4 Å². The minimum absolute atomic E-state index is 0.0132. The molecule has 0 radical (unpaired) electrons. The molecule has 0 aliphatic carbocycles. The number of carbonyl (C=O) groups excluding carboxylic acids is 4. The van der Waals surface area contributed by atoms with E-state index in [9.17, 15) is 34.5 Å². The number of hydrogen-bond donors (Lipinski definition) is 9. The van der Waals surface area contributed by atoms with Gasteiger partial charge in [-0.25, -0.2) is 9.78 Å². The highest BCUT2D eigenvalue weighted by Crippen LogP contribution is 2.18. The monoisotopic (exact) mass is 717 g/mol. The highest BCUT2D eigenvalue weighted by Gasteiger charge is 2.41. The van der Waals surface area contributed by atoms with Crippen molar-refractivity contribution in [3.05, 3.63) is 54.1 Å². The topological polar surface area (TPSA) is 246 Å². The number of aromatic nitrogens is 2. The van der Waals surface area contributed by atoms with Crippen molar-refractivity contribution in [1.82, 2.24) is 25.9 Å². The van der Waals surface area contributed by atoms with Crippen molar-refractivity contribution in [3.63, 3.8) is 0 Å². The van der Waals surface area contributed by atoms with Gasteiger partial charge in [0.15, 0.2) is 0 Å². The first-order valence-electron chi connectivity index (χ1n) is 17.9. The standard InChI is InChI=1S/C36H60N8O7/c1-24(2)17-29(32(47)21-33(48)41-31(18-25(3)4)36(51)44(13-15-45,14-16-46)12-8-11-37)42-35(50)30(20-27-22-39-23-40-27)43-34(49)28(38)19-26-9-6-5-7-10-26/h5-7,9-10,22-25,28-32,45-47H,8,11-21,37-38H2,1-4H3,(H3-,39,40,41,42,43,48,49,50)/p+1/t28-,29-,30-,31-,32-/m0/s1. The molecule has 5 atom stereocenters. The van der Waals surface area contributed by atoms with E-state index in [1.807, 2.05) is 58.0 Å². The number of nitrogens with one attached hydrogen (secondary N) is 4. The van der Waals surface area contributed by atoms with Gasteiger partial charge in [-0.1, -0.05) is 58.0 Å². The number of nitrogens with two attached hydrogens (primary N) is 2. The molecule has 0 bridgehead atoms. The van der Waals surface area contributed by atoms with Gasteiger partial charge < -0.3 is 47.7 Å². The molecule has 1 heterocycles. The van der Waals surface area contributed by atoms with E-state index in [0.29, 0.717) is 38.0 Å². The van der Waals surface area contributed by atoms with Crippen LogP contribution in [0.25, 0.3) is 0 Å². The second-order valence-corrected chi connectivity index (χ2v) is 14.1. The van der Waals surface area contributed by atoms with Gasteiger partial charge in [0, 0.05) is 19.0 Å². The average Bonchev–Trinajstić information content (AvgIpc) is 3.59. The molecule has 0 fully saturated rings. The minimum Gasteiger partial charge on any atom is -0.390 e. The van der Waals surface area contributed by atoms with Gasteiger partial charge in [-0.05, 0) is 43.2 Å². The maximum absolute atomic E-state index is 14.0. The lowest BCUT2D eigenvalue weighted by molar-refractivity contribution is -0.856. The lowest BCUT2D eigenvalue weighted by Crippen LogP contribution is -2.63. The van der Waals surface area contributed by atoms with Crippen LogP contribution in [0.15, 0.2) is 42.9 Å². The summed E-state index contributed by atoms with van der Waals surface area (Å²) < 4.78 is -0.242. The Balaban J connectivity index is 2.24. The molecular formula is C36H61N8O7+. The Morgan fingerprint density at radius 2 is 1.51 bits per heavy atom. The molecule has 0 aliphatic rings. The predicted molar refractivity (Wildman–Crippen MR) is 193 cm³/mol. The highest BCUT2D eigenvalue weighted by molar-refractivity contribution is 5.90. The fourth-order valence-corrected chi connectivity index (χ4v) is 6.22. The second-order valence-electron chi connectivity index (χ2n) is 14.1. The molecule has 2 rings (SSSR count). The summed E-state index contributed by atoms with van der Waals surface area (Å²) in [5, 5.41) is 39.4. The minimum atomic E-state index is -1.33. The van der Waals surface area contributed by atoms with E-state index >= 15 is 0 Å². The van der Waals surface area contributed by atoms with Gasteiger partial charge >= 0.3 is 5.91 Å². The number of aliphatic hydroxyl groups is 3. The van der Waals surface area contributed by atoms with E-state index in [2.05, 4.69) is 25.9 Å². The molecule has 0 saturated heterocycles. The van der Waals surface area contributed by atoms with E-state index in [0.717, 1.165) is 5.56 Å². The van der Waals surface area contributed by atoms with Crippen molar-refractivity contribution in [2.75, 3.05) is 39.4 Å². The molecule has 11 N–H and O–H groups in total. The number of H-pyrrole nitrogens is 1. The third kappa shape index (κ3) is 14.8. The number of imidazole rings is 1. The summed E-state index contributed by atoms with van der Waals surface area (Å²) in [4.78, 5) is 61.4. The molecule has 1 aromatic heterocycles. The predicted octanol–water partition coefficient (Wildman–Crippen LogP) is -0.503. The molecule has 51 heavy (non-hydrogen) atoms. The number of carbonyl (C=O) groups is 4. The van der Waals surface area contributed by atoms with Crippen LogP contribution in [0.4, 0.5) is 0 Å². The summed E-state index contributed by atoms with van der Waals surface area (Å²) >= 11 is 0. The molecule has 15 nitrogen and oxygen atoms in total. The van der Waals surface area contributed by atoms with E-state index < -0.39 is 54.4 Å². The maximum Gasteiger partial charge on any atom is 0.336 e. The van der Waals surface area contributed by atoms with Gasteiger partial charge in [-0.2, -0.15) is 0 Å². The van der Waals surface area contributed by atoms with Gasteiger partial charge in [-0.15, -0.1) is 0 Å². The molecule has 0 aliphatic heterocycles. The zero-order valence-corrected chi connectivity index (χ0v) is 30.6. The number of rotatable bonds is 24. The lowest BCUT2D eigenvalue weighted by atomic mass is 9.95. The van der Waals surface area contributed by atoms with Crippen LogP contribution in [0.3, 0.4) is 0 Å². The van der Waals surface area contributed by atoms with Crippen LogP contribution < -0.4 is 27.4 Å². The molecule has 0 spiro atoms. The molecule has 286 valence electrons. The number of benzene rings is 1. The molecule has 0 saturated carbocycles. The zero-order chi connectivity index (χ0) is 38.0. The summed E-state index contributed by atoms with van der Waals surface area (Å²) in [6.07, 6.45) is 2.73. The fourth-order valence-electron chi connectivity index (χ4n) is 6.22. The number of amides is 4. The van der Waals surface area contributed by atoms with Crippen LogP contribution in [0.1, 0.15) is 64.6 Å². The molecule has 15 heteroatoms.